The van der Waals surface area contributed by atoms with Crippen LogP contribution in [0.3, 0.4) is 0 Å². The monoisotopic (exact) mass is 481 g/mol. The van der Waals surface area contributed by atoms with Gasteiger partial charge in [-0.1, -0.05) is 58.3 Å². The zero-order chi connectivity index (χ0) is 24.2. The van der Waals surface area contributed by atoms with E-state index in [0.29, 0.717) is 5.75 Å². The van der Waals surface area contributed by atoms with E-state index in [4.69, 9.17) is 0 Å². The summed E-state index contributed by atoms with van der Waals surface area (Å²) in [7, 11) is 0. The van der Waals surface area contributed by atoms with Gasteiger partial charge in [-0.3, -0.25) is 0 Å². The first-order chi connectivity index (χ1) is 16.6. The minimum absolute atomic E-state index is 0.271. The molecule has 3 aromatic rings. The second-order valence-corrected chi connectivity index (χ2v) is 10.8. The molecule has 0 unspecified atom stereocenters. The molecule has 1 aromatic heterocycles. The van der Waals surface area contributed by atoms with Gasteiger partial charge in [-0.2, -0.15) is 11.8 Å². The van der Waals surface area contributed by atoms with Crippen LogP contribution in [0.1, 0.15) is 88.7 Å². The lowest BCUT2D eigenvalue weighted by Crippen LogP contribution is -1.90. The highest BCUT2D eigenvalue weighted by Crippen LogP contribution is 2.36. The first kappa shape index (κ1) is 26.5. The predicted octanol–water partition coefficient (Wildman–Crippen LogP) is 9.14. The Labute approximate surface area is 210 Å². The Hall–Kier alpha value is -2.07. The number of nitrogens with one attached hydrogen (secondary N) is 1. The third-order valence-electron chi connectivity index (χ3n) is 6.81. The maximum Gasteiger partial charge on any atom is 0.119 e. The van der Waals surface area contributed by atoms with Crippen LogP contribution in [-0.2, 0) is 6.42 Å². The highest BCUT2D eigenvalue weighted by atomic mass is 32.2. The molecule has 3 N–H and O–H groups in total. The molecule has 0 aliphatic carbocycles. The number of thioether (sulfide) groups is 1. The quantitative estimate of drug-likeness (QED) is 0.179. The zero-order valence-electron chi connectivity index (χ0n) is 21.2. The van der Waals surface area contributed by atoms with Gasteiger partial charge in [0.15, 0.2) is 0 Å². The molecule has 0 fully saturated rings. The van der Waals surface area contributed by atoms with Gasteiger partial charge in [-0.25, -0.2) is 0 Å². The molecule has 0 aliphatic heterocycles. The molecule has 0 bridgehead atoms. The van der Waals surface area contributed by atoms with E-state index in [-0.39, 0.29) is 5.75 Å². The van der Waals surface area contributed by atoms with Crippen molar-refractivity contribution in [3.63, 3.8) is 0 Å². The summed E-state index contributed by atoms with van der Waals surface area (Å²) >= 11 is 2.14. The number of phenolic OH excluding ortho intramolecular Hbond substituents is 2. The average Bonchev–Trinajstić information content (AvgIpc) is 3.17. The Morgan fingerprint density at radius 2 is 1.35 bits per heavy atom. The number of aryl methyl sites for hydroxylation is 2. The van der Waals surface area contributed by atoms with Crippen LogP contribution < -0.4 is 0 Å². The fourth-order valence-electron chi connectivity index (χ4n) is 4.82. The smallest absolute Gasteiger partial charge is 0.119 e. The second kappa shape index (κ2) is 14.4. The van der Waals surface area contributed by atoms with Gasteiger partial charge in [-0.15, -0.1) is 0 Å². The number of aromatic hydroxyl groups is 2. The fourth-order valence-corrected chi connectivity index (χ4v) is 5.84. The third kappa shape index (κ3) is 7.73. The Kier molecular flexibility index (Phi) is 11.2. The molecule has 0 aliphatic rings. The standard InChI is InChI=1S/C30H43NO2S/c1-3-4-12-21-34-22-13-10-8-6-5-7-9-11-14-26-28(33)20-19-27-29(26)23(2)30(31-27)24-15-17-25(32)18-16-24/h15-20,31-33H,3-14,21-22H2,1-2H3. The summed E-state index contributed by atoms with van der Waals surface area (Å²) < 4.78 is 0. The van der Waals surface area contributed by atoms with Gasteiger partial charge < -0.3 is 15.2 Å². The molecule has 3 nitrogen and oxygen atoms in total. The molecule has 1 heterocycles. The van der Waals surface area contributed by atoms with Crippen molar-refractivity contribution >= 4 is 22.7 Å². The number of rotatable bonds is 16. The molecule has 0 amide bonds. The number of benzene rings is 2. The van der Waals surface area contributed by atoms with Crippen molar-refractivity contribution in [1.82, 2.24) is 4.98 Å². The largest absolute Gasteiger partial charge is 0.508 e. The number of aromatic amines is 1. The number of aromatic nitrogens is 1. The molecule has 0 spiro atoms. The highest BCUT2D eigenvalue weighted by Gasteiger charge is 2.15. The summed E-state index contributed by atoms with van der Waals surface area (Å²) in [6, 6.07) is 11.1. The van der Waals surface area contributed by atoms with Crippen molar-refractivity contribution in [3.05, 3.63) is 47.5 Å². The number of unbranched alkanes of at least 4 members (excludes halogenated alkanes) is 9. The van der Waals surface area contributed by atoms with Crippen molar-refractivity contribution in [3.8, 4) is 22.8 Å². The summed E-state index contributed by atoms with van der Waals surface area (Å²) in [5.74, 6) is 3.36. The van der Waals surface area contributed by atoms with E-state index in [1.54, 1.807) is 12.1 Å². The lowest BCUT2D eigenvalue weighted by atomic mass is 9.97. The van der Waals surface area contributed by atoms with Crippen molar-refractivity contribution in [1.29, 1.82) is 0 Å². The molecule has 0 saturated carbocycles. The molecular weight excluding hydrogens is 438 g/mol. The van der Waals surface area contributed by atoms with E-state index in [2.05, 4.69) is 30.6 Å². The molecule has 34 heavy (non-hydrogen) atoms. The fraction of sp³-hybridized carbons (Fsp3) is 0.533. The predicted molar refractivity (Wildman–Crippen MR) is 149 cm³/mol. The van der Waals surface area contributed by atoms with Crippen molar-refractivity contribution in [2.75, 3.05) is 11.5 Å². The first-order valence-corrected chi connectivity index (χ1v) is 14.5. The van der Waals surface area contributed by atoms with E-state index in [1.165, 1.54) is 75.7 Å². The number of hydrogen-bond acceptors (Lipinski definition) is 3. The van der Waals surface area contributed by atoms with Crippen LogP contribution in [-0.4, -0.2) is 26.7 Å². The summed E-state index contributed by atoms with van der Waals surface area (Å²) in [6.07, 6.45) is 15.4. The summed E-state index contributed by atoms with van der Waals surface area (Å²) in [5, 5.41) is 21.4. The van der Waals surface area contributed by atoms with Gasteiger partial charge in [0.1, 0.15) is 11.5 Å². The molecular formula is C30H43NO2S. The van der Waals surface area contributed by atoms with E-state index in [1.807, 2.05) is 24.3 Å². The van der Waals surface area contributed by atoms with Crippen LogP contribution >= 0.6 is 11.8 Å². The van der Waals surface area contributed by atoms with Crippen LogP contribution in [0.25, 0.3) is 22.2 Å². The number of H-pyrrole nitrogens is 1. The van der Waals surface area contributed by atoms with Gasteiger partial charge in [0.2, 0.25) is 0 Å². The molecule has 4 heteroatoms. The van der Waals surface area contributed by atoms with Gasteiger partial charge in [0.25, 0.3) is 0 Å². The Morgan fingerprint density at radius 1 is 0.735 bits per heavy atom. The Bertz CT molecular complexity index is 993. The van der Waals surface area contributed by atoms with Crippen LogP contribution in [0, 0.1) is 6.92 Å². The minimum Gasteiger partial charge on any atom is -0.508 e. The lowest BCUT2D eigenvalue weighted by Gasteiger charge is -2.08. The molecule has 2 aromatic carbocycles. The molecule has 3 rings (SSSR count). The van der Waals surface area contributed by atoms with E-state index in [9.17, 15) is 10.2 Å². The van der Waals surface area contributed by atoms with Crippen LogP contribution in [0.15, 0.2) is 36.4 Å². The second-order valence-electron chi connectivity index (χ2n) is 9.56. The molecule has 0 saturated heterocycles. The zero-order valence-corrected chi connectivity index (χ0v) is 22.0. The van der Waals surface area contributed by atoms with Crippen LogP contribution in [0.5, 0.6) is 11.5 Å². The Morgan fingerprint density at radius 3 is 2.03 bits per heavy atom. The van der Waals surface area contributed by atoms with Gasteiger partial charge in [0, 0.05) is 22.2 Å². The highest BCUT2D eigenvalue weighted by molar-refractivity contribution is 7.99. The first-order valence-electron chi connectivity index (χ1n) is 13.3. The van der Waals surface area contributed by atoms with Crippen molar-refractivity contribution < 1.29 is 10.2 Å². The number of hydrogen-bond donors (Lipinski definition) is 3. The molecule has 0 radical (unpaired) electrons. The molecule has 0 atom stereocenters. The van der Waals surface area contributed by atoms with Crippen molar-refractivity contribution in [2.24, 2.45) is 0 Å². The number of phenols is 2. The van der Waals surface area contributed by atoms with Gasteiger partial charge >= 0.3 is 0 Å². The van der Waals surface area contributed by atoms with Gasteiger partial charge in [-0.05, 0) is 91.6 Å². The average molecular weight is 482 g/mol. The third-order valence-corrected chi connectivity index (χ3v) is 7.97. The van der Waals surface area contributed by atoms with Crippen LogP contribution in [0.2, 0.25) is 0 Å². The summed E-state index contributed by atoms with van der Waals surface area (Å²) in [6.45, 7) is 4.39. The van der Waals surface area contributed by atoms with Gasteiger partial charge in [0.05, 0.1) is 0 Å². The SMILES string of the molecule is CCCCCSCCCCCCCCCCc1c(O)ccc2[nH]c(-c3ccc(O)cc3)c(C)c12. The number of fused-ring (bicyclic) bond motifs is 1. The summed E-state index contributed by atoms with van der Waals surface area (Å²) in [5.41, 5.74) is 5.40. The normalized spacial score (nSPS) is 11.5. The maximum absolute atomic E-state index is 10.6. The van der Waals surface area contributed by atoms with Crippen LogP contribution in [0.4, 0.5) is 0 Å². The van der Waals surface area contributed by atoms with E-state index in [0.717, 1.165) is 46.1 Å². The summed E-state index contributed by atoms with van der Waals surface area (Å²) in [4.78, 5) is 3.52. The van der Waals surface area contributed by atoms with E-state index < -0.39 is 0 Å². The minimum atomic E-state index is 0.271. The Balaban J connectivity index is 1.40. The lowest BCUT2D eigenvalue weighted by molar-refractivity contribution is 0.467. The van der Waals surface area contributed by atoms with Crippen molar-refractivity contribution in [2.45, 2.75) is 90.9 Å². The topological polar surface area (TPSA) is 56.2 Å². The van der Waals surface area contributed by atoms with E-state index >= 15 is 0 Å². The maximum atomic E-state index is 10.6. The molecule has 186 valence electrons.